The Kier molecular flexibility index (Phi) is 1.82. The molecule has 0 saturated carbocycles. The molecule has 0 bridgehead atoms. The fraction of sp³-hybridized carbons (Fsp3) is 0.333. The second-order valence-electron chi connectivity index (χ2n) is 2.31. The Morgan fingerprint density at radius 3 is 2.55 bits per heavy atom. The minimum Gasteiger partial charge on any atom is -0.385 e. The number of anilines is 1. The van der Waals surface area contributed by atoms with Crippen LogP contribution in [0.2, 0.25) is 0 Å². The lowest BCUT2D eigenvalue weighted by atomic mass is 10.6. The van der Waals surface area contributed by atoms with E-state index >= 15 is 0 Å². The highest BCUT2D eigenvalue weighted by Crippen LogP contribution is 1.95. The van der Waals surface area contributed by atoms with Gasteiger partial charge in [0.15, 0.2) is 0 Å². The lowest BCUT2D eigenvalue weighted by Gasteiger charge is -2.04. The van der Waals surface area contributed by atoms with E-state index in [4.69, 9.17) is 18.0 Å². The van der Waals surface area contributed by atoms with Gasteiger partial charge in [0, 0.05) is 20.2 Å². The average Bonchev–Trinajstić information content (AvgIpc) is 1.97. The minimum atomic E-state index is -0.199. The summed E-state index contributed by atoms with van der Waals surface area (Å²) in [6.45, 7) is 0. The number of hydrogen-bond donors (Lipinski definition) is 1. The van der Waals surface area contributed by atoms with Crippen LogP contribution in [0.1, 0.15) is 0 Å². The molecule has 60 valence electrons. The highest BCUT2D eigenvalue weighted by molar-refractivity contribution is 7.71. The van der Waals surface area contributed by atoms with Gasteiger partial charge >= 0.3 is 5.69 Å². The number of aromatic nitrogens is 2. The zero-order valence-electron chi connectivity index (χ0n) is 6.37. The molecule has 5 heteroatoms. The fourth-order valence-corrected chi connectivity index (χ4v) is 0.949. The first kappa shape index (κ1) is 8.00. The third-order valence-electron chi connectivity index (χ3n) is 1.56. The molecule has 2 N–H and O–H groups in total. The van der Waals surface area contributed by atoms with Crippen molar-refractivity contribution in [2.45, 2.75) is 0 Å². The lowest BCUT2D eigenvalue weighted by Crippen LogP contribution is -2.28. The summed E-state index contributed by atoms with van der Waals surface area (Å²) < 4.78 is 3.16. The quantitative estimate of drug-likeness (QED) is 0.560. The first-order valence-electron chi connectivity index (χ1n) is 3.06. The smallest absolute Gasteiger partial charge is 0.330 e. The van der Waals surface area contributed by atoms with Crippen molar-refractivity contribution in [1.29, 1.82) is 0 Å². The highest BCUT2D eigenvalue weighted by atomic mass is 32.1. The van der Waals surface area contributed by atoms with E-state index in [2.05, 4.69) is 0 Å². The number of rotatable bonds is 0. The summed E-state index contributed by atoms with van der Waals surface area (Å²) >= 11 is 4.86. The van der Waals surface area contributed by atoms with Crippen molar-refractivity contribution in [1.82, 2.24) is 9.13 Å². The van der Waals surface area contributed by atoms with Crippen LogP contribution in [0.25, 0.3) is 0 Å². The van der Waals surface area contributed by atoms with Crippen molar-refractivity contribution < 1.29 is 0 Å². The molecule has 0 aliphatic carbocycles. The van der Waals surface area contributed by atoms with Gasteiger partial charge in [-0.2, -0.15) is 0 Å². The first-order valence-corrected chi connectivity index (χ1v) is 3.47. The third kappa shape index (κ3) is 1.19. The van der Waals surface area contributed by atoms with Gasteiger partial charge in [-0.1, -0.05) is 12.2 Å². The topological polar surface area (TPSA) is 52.9 Å². The summed E-state index contributed by atoms with van der Waals surface area (Å²) in [7, 11) is 3.22. The van der Waals surface area contributed by atoms with Crippen molar-refractivity contribution in [2.24, 2.45) is 14.1 Å². The monoisotopic (exact) mass is 171 g/mol. The van der Waals surface area contributed by atoms with Gasteiger partial charge in [0.25, 0.3) is 0 Å². The molecule has 0 fully saturated rings. The van der Waals surface area contributed by atoms with Crippen molar-refractivity contribution in [3.05, 3.63) is 21.2 Å². The summed E-state index contributed by atoms with van der Waals surface area (Å²) in [4.78, 5) is 11.2. The van der Waals surface area contributed by atoms with E-state index in [1.165, 1.54) is 9.13 Å². The van der Waals surface area contributed by atoms with Crippen LogP contribution < -0.4 is 11.4 Å². The third-order valence-corrected chi connectivity index (χ3v) is 1.95. The maximum atomic E-state index is 11.2. The summed E-state index contributed by atoms with van der Waals surface area (Å²) in [6, 6.07) is 1.58. The van der Waals surface area contributed by atoms with Gasteiger partial charge in [-0.3, -0.25) is 9.13 Å². The molecule has 0 saturated heterocycles. The van der Waals surface area contributed by atoms with Gasteiger partial charge in [-0.05, 0) is 0 Å². The van der Waals surface area contributed by atoms with Gasteiger partial charge in [0.05, 0.1) is 0 Å². The number of nitrogens with two attached hydrogens (primary N) is 1. The van der Waals surface area contributed by atoms with Gasteiger partial charge in [-0.25, -0.2) is 4.79 Å². The number of hydrogen-bond acceptors (Lipinski definition) is 3. The van der Waals surface area contributed by atoms with Crippen molar-refractivity contribution in [2.75, 3.05) is 5.73 Å². The molecule has 0 aliphatic rings. The molecule has 1 heterocycles. The van der Waals surface area contributed by atoms with E-state index < -0.39 is 0 Å². The average molecular weight is 171 g/mol. The number of nitrogen functional groups attached to an aromatic ring is 1. The predicted octanol–water partition coefficient (Wildman–Crippen LogP) is 0.0355. The molecular formula is C6H9N3OS. The van der Waals surface area contributed by atoms with Gasteiger partial charge in [0.1, 0.15) is 10.5 Å². The Balaban J connectivity index is 3.74. The van der Waals surface area contributed by atoms with Crippen LogP contribution in [-0.4, -0.2) is 9.13 Å². The largest absolute Gasteiger partial charge is 0.385 e. The Hall–Kier alpha value is -1.10. The van der Waals surface area contributed by atoms with Crippen LogP contribution in [-0.2, 0) is 14.1 Å². The predicted molar refractivity (Wildman–Crippen MR) is 45.9 cm³/mol. The van der Waals surface area contributed by atoms with Crippen molar-refractivity contribution >= 4 is 18.0 Å². The van der Waals surface area contributed by atoms with Crippen LogP contribution in [0.5, 0.6) is 0 Å². The van der Waals surface area contributed by atoms with Crippen LogP contribution in [0.15, 0.2) is 10.9 Å². The standard InChI is InChI=1S/C6H9N3OS/c1-8-4(7)3-5(11)9(2)6(8)10/h3H,7H2,1-2H3. The molecule has 4 nitrogen and oxygen atoms in total. The zero-order valence-corrected chi connectivity index (χ0v) is 7.18. The molecule has 0 amide bonds. The maximum Gasteiger partial charge on any atom is 0.330 e. The van der Waals surface area contributed by atoms with E-state index in [1.807, 2.05) is 0 Å². The van der Waals surface area contributed by atoms with E-state index in [0.717, 1.165) is 0 Å². The summed E-state index contributed by atoms with van der Waals surface area (Å²) in [5.74, 6) is 0.387. The van der Waals surface area contributed by atoms with Crippen molar-refractivity contribution in [3.8, 4) is 0 Å². The Bertz CT molecular complexity index is 390. The van der Waals surface area contributed by atoms with Crippen LogP contribution in [0, 0.1) is 4.64 Å². The normalized spacial score (nSPS) is 10.0. The van der Waals surface area contributed by atoms with E-state index in [0.29, 0.717) is 10.5 Å². The molecule has 0 aliphatic heterocycles. The summed E-state index contributed by atoms with van der Waals surface area (Å²) in [6.07, 6.45) is 0. The van der Waals surface area contributed by atoms with Crippen molar-refractivity contribution in [3.63, 3.8) is 0 Å². The van der Waals surface area contributed by atoms with E-state index in [-0.39, 0.29) is 5.69 Å². The Labute approximate surface area is 68.9 Å². The van der Waals surface area contributed by atoms with Gasteiger partial charge in [-0.15, -0.1) is 0 Å². The summed E-state index contributed by atoms with van der Waals surface area (Å²) in [5.41, 5.74) is 5.27. The van der Waals surface area contributed by atoms with Gasteiger partial charge in [0.2, 0.25) is 0 Å². The lowest BCUT2D eigenvalue weighted by molar-refractivity contribution is 0.707. The van der Waals surface area contributed by atoms with E-state index in [9.17, 15) is 4.79 Å². The van der Waals surface area contributed by atoms with E-state index in [1.54, 1.807) is 20.2 Å². The molecule has 0 radical (unpaired) electrons. The maximum absolute atomic E-state index is 11.2. The molecule has 1 rings (SSSR count). The highest BCUT2D eigenvalue weighted by Gasteiger charge is 1.98. The molecule has 0 spiro atoms. The first-order chi connectivity index (χ1) is 5.04. The van der Waals surface area contributed by atoms with Crippen LogP contribution in [0.4, 0.5) is 5.82 Å². The molecule has 0 unspecified atom stereocenters. The molecule has 1 aromatic rings. The Morgan fingerprint density at radius 2 is 2.00 bits per heavy atom. The second-order valence-corrected chi connectivity index (χ2v) is 2.73. The molecule has 0 atom stereocenters. The summed E-state index contributed by atoms with van der Waals surface area (Å²) in [5, 5.41) is 0. The van der Waals surface area contributed by atoms with Gasteiger partial charge < -0.3 is 5.73 Å². The molecule has 0 aromatic carbocycles. The molecule has 11 heavy (non-hydrogen) atoms. The van der Waals surface area contributed by atoms with Crippen LogP contribution in [0.3, 0.4) is 0 Å². The zero-order chi connectivity index (χ0) is 8.59. The molecular weight excluding hydrogens is 162 g/mol. The Morgan fingerprint density at radius 1 is 1.45 bits per heavy atom. The fourth-order valence-electron chi connectivity index (χ4n) is 0.750. The number of nitrogens with zero attached hydrogens (tertiary/aromatic N) is 2. The molecule has 1 aromatic heterocycles. The van der Waals surface area contributed by atoms with Crippen LogP contribution >= 0.6 is 12.2 Å². The second kappa shape index (κ2) is 2.50. The SMILES string of the molecule is Cn1c(N)cc(=S)n(C)c1=O. The minimum absolute atomic E-state index is 0.199.